The van der Waals surface area contributed by atoms with Gasteiger partial charge in [-0.25, -0.2) is 0 Å². The normalized spacial score (nSPS) is 13.6. The molecule has 1 amide bonds. The largest absolute Gasteiger partial charge is 0.469 e. The van der Waals surface area contributed by atoms with Crippen molar-refractivity contribution < 1.29 is 18.7 Å². The summed E-state index contributed by atoms with van der Waals surface area (Å²) in [6.45, 7) is 3.90. The number of aromatic nitrogens is 3. The SMILES string of the molecule is Cc1occc1-c1nnc(S[C@@H](C)C(=O)Nc2ccc3c(c2)OCO3)n1C. The summed E-state index contributed by atoms with van der Waals surface area (Å²) in [6.07, 6.45) is 1.62. The average Bonchev–Trinajstić information content (AvgIpc) is 3.36. The number of nitrogens with one attached hydrogen (secondary N) is 1. The van der Waals surface area contributed by atoms with Crippen molar-refractivity contribution in [2.45, 2.75) is 24.3 Å². The maximum absolute atomic E-state index is 12.5. The van der Waals surface area contributed by atoms with Gasteiger partial charge >= 0.3 is 0 Å². The lowest BCUT2D eigenvalue weighted by Crippen LogP contribution is -2.22. The molecule has 0 bridgehead atoms. The zero-order valence-corrected chi connectivity index (χ0v) is 15.9. The number of anilines is 1. The Labute approximate surface area is 159 Å². The molecule has 0 unspecified atom stereocenters. The molecule has 8 nitrogen and oxygen atoms in total. The van der Waals surface area contributed by atoms with Crippen molar-refractivity contribution in [3.63, 3.8) is 0 Å². The van der Waals surface area contributed by atoms with Crippen LogP contribution in [0, 0.1) is 6.92 Å². The average molecular weight is 386 g/mol. The van der Waals surface area contributed by atoms with Crippen LogP contribution < -0.4 is 14.8 Å². The van der Waals surface area contributed by atoms with Crippen molar-refractivity contribution in [2.75, 3.05) is 12.1 Å². The Kier molecular flexibility index (Phi) is 4.53. The number of furan rings is 1. The number of aryl methyl sites for hydroxylation is 1. The van der Waals surface area contributed by atoms with Gasteiger partial charge in [-0.05, 0) is 32.0 Å². The maximum atomic E-state index is 12.5. The molecule has 1 aliphatic heterocycles. The van der Waals surface area contributed by atoms with Crippen LogP contribution in [0.4, 0.5) is 5.69 Å². The predicted molar refractivity (Wildman–Crippen MR) is 100.0 cm³/mol. The second kappa shape index (κ2) is 6.99. The molecule has 1 aromatic carbocycles. The van der Waals surface area contributed by atoms with E-state index in [0.29, 0.717) is 28.2 Å². The monoisotopic (exact) mass is 386 g/mol. The van der Waals surface area contributed by atoms with Crippen molar-refractivity contribution in [2.24, 2.45) is 7.05 Å². The Morgan fingerprint density at radius 1 is 1.26 bits per heavy atom. The molecule has 2 aromatic heterocycles. The van der Waals surface area contributed by atoms with E-state index in [4.69, 9.17) is 13.9 Å². The molecule has 1 aliphatic rings. The van der Waals surface area contributed by atoms with Gasteiger partial charge in [0.25, 0.3) is 0 Å². The smallest absolute Gasteiger partial charge is 0.237 e. The molecular weight excluding hydrogens is 368 g/mol. The minimum absolute atomic E-state index is 0.136. The minimum atomic E-state index is -0.364. The minimum Gasteiger partial charge on any atom is -0.469 e. The van der Waals surface area contributed by atoms with Gasteiger partial charge in [-0.15, -0.1) is 10.2 Å². The van der Waals surface area contributed by atoms with E-state index < -0.39 is 0 Å². The summed E-state index contributed by atoms with van der Waals surface area (Å²) in [5.74, 6) is 2.64. The van der Waals surface area contributed by atoms with Crippen LogP contribution in [-0.4, -0.2) is 32.7 Å². The second-order valence-corrected chi connectivity index (χ2v) is 7.38. The second-order valence-electron chi connectivity index (χ2n) is 6.07. The fraction of sp³-hybridized carbons (Fsp3) is 0.278. The van der Waals surface area contributed by atoms with Crippen molar-refractivity contribution in [1.29, 1.82) is 0 Å². The van der Waals surface area contributed by atoms with Gasteiger partial charge in [-0.1, -0.05) is 11.8 Å². The van der Waals surface area contributed by atoms with Crippen LogP contribution in [0.5, 0.6) is 11.5 Å². The van der Waals surface area contributed by atoms with Gasteiger partial charge in [0.05, 0.1) is 17.1 Å². The first-order chi connectivity index (χ1) is 13.0. The first kappa shape index (κ1) is 17.5. The van der Waals surface area contributed by atoms with Crippen molar-refractivity contribution in [3.05, 3.63) is 36.3 Å². The molecule has 1 atom stereocenters. The lowest BCUT2D eigenvalue weighted by molar-refractivity contribution is -0.115. The topological polar surface area (TPSA) is 91.4 Å². The fourth-order valence-corrected chi connectivity index (χ4v) is 3.51. The third kappa shape index (κ3) is 3.37. The van der Waals surface area contributed by atoms with E-state index >= 15 is 0 Å². The Bertz CT molecular complexity index is 997. The summed E-state index contributed by atoms with van der Waals surface area (Å²) >= 11 is 1.34. The summed E-state index contributed by atoms with van der Waals surface area (Å²) in [4.78, 5) is 12.5. The summed E-state index contributed by atoms with van der Waals surface area (Å²) in [5, 5.41) is 11.6. The van der Waals surface area contributed by atoms with E-state index in [9.17, 15) is 4.79 Å². The lowest BCUT2D eigenvalue weighted by Gasteiger charge is -2.12. The number of ether oxygens (including phenoxy) is 2. The molecule has 1 N–H and O–H groups in total. The van der Waals surface area contributed by atoms with E-state index in [1.165, 1.54) is 11.8 Å². The Morgan fingerprint density at radius 3 is 2.85 bits per heavy atom. The van der Waals surface area contributed by atoms with Gasteiger partial charge in [0, 0.05) is 18.8 Å². The molecule has 0 fully saturated rings. The fourth-order valence-electron chi connectivity index (χ4n) is 2.70. The van der Waals surface area contributed by atoms with Crippen LogP contribution >= 0.6 is 11.8 Å². The van der Waals surface area contributed by atoms with Crippen LogP contribution in [0.3, 0.4) is 0 Å². The molecule has 0 spiro atoms. The summed E-state index contributed by atoms with van der Waals surface area (Å²) in [7, 11) is 1.87. The van der Waals surface area contributed by atoms with Crippen LogP contribution in [0.2, 0.25) is 0 Å². The van der Waals surface area contributed by atoms with Crippen LogP contribution in [0.15, 0.2) is 40.1 Å². The molecule has 27 heavy (non-hydrogen) atoms. The van der Waals surface area contributed by atoms with E-state index in [0.717, 1.165) is 11.3 Å². The molecule has 0 saturated carbocycles. The maximum Gasteiger partial charge on any atom is 0.237 e. The van der Waals surface area contributed by atoms with E-state index in [1.54, 1.807) is 24.5 Å². The number of carbonyl (C=O) groups is 1. The van der Waals surface area contributed by atoms with Crippen LogP contribution in [0.1, 0.15) is 12.7 Å². The third-order valence-corrected chi connectivity index (χ3v) is 5.36. The Morgan fingerprint density at radius 2 is 2.07 bits per heavy atom. The lowest BCUT2D eigenvalue weighted by atomic mass is 10.2. The Hall–Kier alpha value is -2.94. The van der Waals surface area contributed by atoms with Gasteiger partial charge in [0.15, 0.2) is 22.5 Å². The standard InChI is InChI=1S/C18H18N4O4S/c1-10-13(6-7-24-10)16-20-21-18(22(16)3)27-11(2)17(23)19-12-4-5-14-15(8-12)26-9-25-14/h4-8,11H,9H2,1-3H3,(H,19,23)/t11-/m0/s1. The van der Waals surface area contributed by atoms with E-state index in [2.05, 4.69) is 15.5 Å². The zero-order chi connectivity index (χ0) is 19.0. The third-order valence-electron chi connectivity index (χ3n) is 4.23. The van der Waals surface area contributed by atoms with Crippen LogP contribution in [0.25, 0.3) is 11.4 Å². The van der Waals surface area contributed by atoms with Crippen LogP contribution in [-0.2, 0) is 11.8 Å². The summed E-state index contributed by atoms with van der Waals surface area (Å²) in [6, 6.07) is 7.16. The molecule has 140 valence electrons. The quantitative estimate of drug-likeness (QED) is 0.673. The summed E-state index contributed by atoms with van der Waals surface area (Å²) < 4.78 is 17.8. The van der Waals surface area contributed by atoms with E-state index in [-0.39, 0.29) is 18.0 Å². The first-order valence-corrected chi connectivity index (χ1v) is 9.22. The number of hydrogen-bond donors (Lipinski definition) is 1. The number of carbonyl (C=O) groups excluding carboxylic acids is 1. The zero-order valence-electron chi connectivity index (χ0n) is 15.1. The molecule has 0 saturated heterocycles. The van der Waals surface area contributed by atoms with E-state index in [1.807, 2.05) is 31.5 Å². The highest BCUT2D eigenvalue weighted by atomic mass is 32.2. The summed E-state index contributed by atoms with van der Waals surface area (Å²) in [5.41, 5.74) is 1.54. The van der Waals surface area contributed by atoms with Crippen molar-refractivity contribution in [1.82, 2.24) is 14.8 Å². The highest BCUT2D eigenvalue weighted by molar-refractivity contribution is 8.00. The van der Waals surface area contributed by atoms with Gasteiger partial charge in [-0.2, -0.15) is 0 Å². The number of nitrogens with zero attached hydrogens (tertiary/aromatic N) is 3. The predicted octanol–water partition coefficient (Wildman–Crippen LogP) is 3.23. The molecular formula is C18H18N4O4S. The van der Waals surface area contributed by atoms with Gasteiger partial charge < -0.3 is 23.8 Å². The number of fused-ring (bicyclic) bond motifs is 1. The molecule has 0 radical (unpaired) electrons. The number of amides is 1. The molecule has 3 heterocycles. The highest BCUT2D eigenvalue weighted by Crippen LogP contribution is 2.34. The highest BCUT2D eigenvalue weighted by Gasteiger charge is 2.21. The van der Waals surface area contributed by atoms with Gasteiger partial charge in [0.2, 0.25) is 12.7 Å². The number of thioether (sulfide) groups is 1. The number of benzene rings is 1. The number of hydrogen-bond acceptors (Lipinski definition) is 7. The molecule has 9 heteroatoms. The molecule has 3 aromatic rings. The molecule has 0 aliphatic carbocycles. The van der Waals surface area contributed by atoms with Crippen molar-refractivity contribution in [3.8, 4) is 22.9 Å². The van der Waals surface area contributed by atoms with Crippen molar-refractivity contribution >= 4 is 23.4 Å². The number of rotatable bonds is 5. The molecule has 4 rings (SSSR count). The Balaban J connectivity index is 1.44. The van der Waals surface area contributed by atoms with Gasteiger partial charge in [-0.3, -0.25) is 4.79 Å². The first-order valence-electron chi connectivity index (χ1n) is 8.34. The van der Waals surface area contributed by atoms with Gasteiger partial charge in [0.1, 0.15) is 5.76 Å².